The Morgan fingerprint density at radius 1 is 1.03 bits per heavy atom. The number of nitrogens with one attached hydrogen (secondary N) is 1. The first kappa shape index (κ1) is 28.4. The normalized spacial score (nSPS) is 12.3. The third-order valence-electron chi connectivity index (χ3n) is 5.90. The minimum atomic E-state index is -3.74. The SMILES string of the molecule is CCCNC(=O)C(CC)N(Cc1cccc(C)c1)C(=O)CN(c1ccc(C(C)C)cc1)S(C)(=O)=O. The van der Waals surface area contributed by atoms with Crippen molar-refractivity contribution in [2.24, 2.45) is 0 Å². The van der Waals surface area contributed by atoms with Crippen molar-refractivity contribution < 1.29 is 18.0 Å². The van der Waals surface area contributed by atoms with Crippen LogP contribution in [0.1, 0.15) is 63.1 Å². The average molecular weight is 502 g/mol. The van der Waals surface area contributed by atoms with Gasteiger partial charge in [-0.25, -0.2) is 8.42 Å². The molecule has 0 radical (unpaired) electrons. The molecule has 2 aromatic rings. The van der Waals surface area contributed by atoms with Gasteiger partial charge in [-0.05, 0) is 48.9 Å². The molecule has 2 rings (SSSR count). The van der Waals surface area contributed by atoms with Gasteiger partial charge in [-0.3, -0.25) is 13.9 Å². The van der Waals surface area contributed by atoms with E-state index in [1.165, 1.54) is 4.90 Å². The summed E-state index contributed by atoms with van der Waals surface area (Å²) in [6, 6.07) is 14.2. The summed E-state index contributed by atoms with van der Waals surface area (Å²) >= 11 is 0. The van der Waals surface area contributed by atoms with Crippen molar-refractivity contribution >= 4 is 27.5 Å². The number of carbonyl (C=O) groups is 2. The van der Waals surface area contributed by atoms with E-state index >= 15 is 0 Å². The number of nitrogens with zero attached hydrogens (tertiary/aromatic N) is 2. The van der Waals surface area contributed by atoms with Crippen LogP contribution in [0.3, 0.4) is 0 Å². The van der Waals surface area contributed by atoms with Crippen molar-refractivity contribution in [2.75, 3.05) is 23.7 Å². The van der Waals surface area contributed by atoms with E-state index in [1.807, 2.05) is 57.2 Å². The molecule has 0 aliphatic heterocycles. The first-order valence-corrected chi connectivity index (χ1v) is 14.0. The highest BCUT2D eigenvalue weighted by atomic mass is 32.2. The number of aryl methyl sites for hydroxylation is 1. The molecule has 1 unspecified atom stereocenters. The summed E-state index contributed by atoms with van der Waals surface area (Å²) in [7, 11) is -3.74. The molecular weight excluding hydrogens is 462 g/mol. The van der Waals surface area contributed by atoms with E-state index in [2.05, 4.69) is 19.2 Å². The van der Waals surface area contributed by atoms with E-state index in [9.17, 15) is 18.0 Å². The molecule has 0 aliphatic rings. The highest BCUT2D eigenvalue weighted by Gasteiger charge is 2.31. The highest BCUT2D eigenvalue weighted by molar-refractivity contribution is 7.92. The standard InChI is InChI=1S/C27H39N3O4S/c1-7-16-28-27(32)25(8-2)29(18-22-11-9-10-21(5)17-22)26(31)19-30(35(6,33)34)24-14-12-23(13-15-24)20(3)4/h9-15,17,20,25H,7-8,16,18-19H2,1-6H3,(H,28,32). The monoisotopic (exact) mass is 501 g/mol. The fraction of sp³-hybridized carbons (Fsp3) is 0.481. The highest BCUT2D eigenvalue weighted by Crippen LogP contribution is 2.23. The lowest BCUT2D eigenvalue weighted by Gasteiger charge is -2.33. The van der Waals surface area contributed by atoms with Gasteiger partial charge < -0.3 is 10.2 Å². The van der Waals surface area contributed by atoms with Gasteiger partial charge in [0.15, 0.2) is 0 Å². The van der Waals surface area contributed by atoms with Crippen molar-refractivity contribution in [1.29, 1.82) is 0 Å². The van der Waals surface area contributed by atoms with Gasteiger partial charge in [-0.2, -0.15) is 0 Å². The average Bonchev–Trinajstić information content (AvgIpc) is 2.80. The molecule has 0 spiro atoms. The molecular formula is C27H39N3O4S. The van der Waals surface area contributed by atoms with Gasteiger partial charge >= 0.3 is 0 Å². The largest absolute Gasteiger partial charge is 0.354 e. The summed E-state index contributed by atoms with van der Waals surface area (Å²) in [5.41, 5.74) is 3.42. The van der Waals surface area contributed by atoms with Crippen molar-refractivity contribution in [2.45, 2.75) is 66.0 Å². The maximum absolute atomic E-state index is 13.7. The number of sulfonamides is 1. The number of benzene rings is 2. The molecule has 7 nitrogen and oxygen atoms in total. The lowest BCUT2D eigenvalue weighted by atomic mass is 10.0. The van der Waals surface area contributed by atoms with Gasteiger partial charge in [0, 0.05) is 13.1 Å². The van der Waals surface area contributed by atoms with Gasteiger partial charge in [0.2, 0.25) is 21.8 Å². The first-order chi connectivity index (χ1) is 16.5. The van der Waals surface area contributed by atoms with Crippen LogP contribution < -0.4 is 9.62 Å². The number of amides is 2. The second-order valence-electron chi connectivity index (χ2n) is 9.24. The maximum atomic E-state index is 13.7. The van der Waals surface area contributed by atoms with E-state index < -0.39 is 22.0 Å². The molecule has 0 bridgehead atoms. The van der Waals surface area contributed by atoms with Crippen LogP contribution in [-0.4, -0.2) is 50.5 Å². The summed E-state index contributed by atoms with van der Waals surface area (Å²) < 4.78 is 26.5. The molecule has 0 aliphatic carbocycles. The van der Waals surface area contributed by atoms with Gasteiger partial charge in [0.1, 0.15) is 12.6 Å². The Morgan fingerprint density at radius 3 is 2.20 bits per heavy atom. The van der Waals surface area contributed by atoms with Gasteiger partial charge in [0.05, 0.1) is 11.9 Å². The number of anilines is 1. The molecule has 192 valence electrons. The van der Waals surface area contributed by atoms with Gasteiger partial charge in [-0.15, -0.1) is 0 Å². The zero-order valence-corrected chi connectivity index (χ0v) is 22.6. The van der Waals surface area contributed by atoms with Crippen LogP contribution in [0.5, 0.6) is 0 Å². The fourth-order valence-electron chi connectivity index (χ4n) is 3.93. The minimum absolute atomic E-state index is 0.211. The molecule has 0 saturated heterocycles. The summed E-state index contributed by atoms with van der Waals surface area (Å²) in [6.45, 7) is 10.2. The van der Waals surface area contributed by atoms with E-state index in [4.69, 9.17) is 0 Å². The van der Waals surface area contributed by atoms with Crippen LogP contribution in [0.25, 0.3) is 0 Å². The quantitative estimate of drug-likeness (QED) is 0.472. The molecule has 2 aromatic carbocycles. The van der Waals surface area contributed by atoms with Crippen molar-refractivity contribution in [3.8, 4) is 0 Å². The predicted molar refractivity (Wildman–Crippen MR) is 142 cm³/mol. The van der Waals surface area contributed by atoms with Crippen molar-refractivity contribution in [3.05, 3.63) is 65.2 Å². The Bertz CT molecular complexity index is 1100. The third-order valence-corrected chi connectivity index (χ3v) is 7.04. The smallest absolute Gasteiger partial charge is 0.244 e. The Morgan fingerprint density at radius 2 is 1.69 bits per heavy atom. The predicted octanol–water partition coefficient (Wildman–Crippen LogP) is 4.22. The Hall–Kier alpha value is -2.87. The van der Waals surface area contributed by atoms with Crippen LogP contribution in [0, 0.1) is 6.92 Å². The Labute approximate surface area is 210 Å². The van der Waals surface area contributed by atoms with Gasteiger partial charge in [0.25, 0.3) is 0 Å². The van der Waals surface area contributed by atoms with E-state index in [0.29, 0.717) is 24.6 Å². The zero-order chi connectivity index (χ0) is 26.2. The van der Waals surface area contributed by atoms with Crippen molar-refractivity contribution in [3.63, 3.8) is 0 Å². The van der Waals surface area contributed by atoms with E-state index in [-0.39, 0.29) is 19.0 Å². The molecule has 0 saturated carbocycles. The number of hydrogen-bond acceptors (Lipinski definition) is 4. The van der Waals surface area contributed by atoms with Gasteiger partial charge in [-0.1, -0.05) is 69.7 Å². The third kappa shape index (κ3) is 8.09. The fourth-order valence-corrected chi connectivity index (χ4v) is 4.78. The lowest BCUT2D eigenvalue weighted by molar-refractivity contribution is -0.140. The van der Waals surface area contributed by atoms with Crippen LogP contribution >= 0.6 is 0 Å². The van der Waals surface area contributed by atoms with E-state index in [0.717, 1.165) is 33.7 Å². The van der Waals surface area contributed by atoms with Crippen LogP contribution in [0.15, 0.2) is 48.5 Å². The van der Waals surface area contributed by atoms with E-state index in [1.54, 1.807) is 12.1 Å². The first-order valence-electron chi connectivity index (χ1n) is 12.2. The number of rotatable bonds is 12. The topological polar surface area (TPSA) is 86.8 Å². The summed E-state index contributed by atoms with van der Waals surface area (Å²) in [6.07, 6.45) is 2.28. The summed E-state index contributed by atoms with van der Waals surface area (Å²) in [5, 5.41) is 2.88. The second kappa shape index (κ2) is 12.7. The summed E-state index contributed by atoms with van der Waals surface area (Å²) in [4.78, 5) is 28.1. The molecule has 0 fully saturated rings. The number of carbonyl (C=O) groups excluding carboxylic acids is 2. The molecule has 0 aromatic heterocycles. The zero-order valence-electron chi connectivity index (χ0n) is 21.7. The Kier molecular flexibility index (Phi) is 10.3. The van der Waals surface area contributed by atoms with Crippen LogP contribution in [0.4, 0.5) is 5.69 Å². The van der Waals surface area contributed by atoms with Crippen molar-refractivity contribution in [1.82, 2.24) is 10.2 Å². The molecule has 8 heteroatoms. The molecule has 2 amide bonds. The van der Waals surface area contributed by atoms with Crippen LogP contribution in [-0.2, 0) is 26.2 Å². The maximum Gasteiger partial charge on any atom is 0.244 e. The minimum Gasteiger partial charge on any atom is -0.354 e. The second-order valence-corrected chi connectivity index (χ2v) is 11.1. The number of hydrogen-bond donors (Lipinski definition) is 1. The molecule has 0 heterocycles. The van der Waals surface area contributed by atoms with Crippen LogP contribution in [0.2, 0.25) is 0 Å². The lowest BCUT2D eigenvalue weighted by Crippen LogP contribution is -2.52. The Balaban J connectivity index is 2.42. The molecule has 1 N–H and O–H groups in total. The molecule has 1 atom stereocenters. The molecule has 35 heavy (non-hydrogen) atoms. The summed E-state index contributed by atoms with van der Waals surface area (Å²) in [5.74, 6) is -0.361.